The summed E-state index contributed by atoms with van der Waals surface area (Å²) in [4.78, 5) is 61.2. The third-order valence-electron chi connectivity index (χ3n) is 11.8. The van der Waals surface area contributed by atoms with E-state index in [0.29, 0.717) is 44.1 Å². The quantitative estimate of drug-likeness (QED) is 0.306. The van der Waals surface area contributed by atoms with Gasteiger partial charge in [0, 0.05) is 120 Å². The number of piperazine rings is 3. The lowest BCUT2D eigenvalue weighted by molar-refractivity contribution is -0.144. The number of aromatic nitrogens is 6. The molecule has 0 unspecified atom stereocenters. The third kappa shape index (κ3) is 15.5. The van der Waals surface area contributed by atoms with E-state index in [0.717, 1.165) is 53.1 Å². The molecule has 0 bridgehead atoms. The lowest BCUT2D eigenvalue weighted by Gasteiger charge is -2.40. The molecule has 0 spiro atoms. The van der Waals surface area contributed by atoms with Crippen molar-refractivity contribution in [3.05, 3.63) is 46.1 Å². The van der Waals surface area contributed by atoms with Gasteiger partial charge in [-0.2, -0.15) is 0 Å². The van der Waals surface area contributed by atoms with Crippen LogP contribution in [0.15, 0.2) is 46.1 Å². The fourth-order valence-electron chi connectivity index (χ4n) is 7.39. The smallest absolute Gasteiger partial charge is 0.399 e. The third-order valence-corrected chi connectivity index (χ3v) is 12.6. The summed E-state index contributed by atoms with van der Waals surface area (Å²) in [5.74, 6) is 2.24. The van der Waals surface area contributed by atoms with Crippen LogP contribution in [0.25, 0.3) is 0 Å². The van der Waals surface area contributed by atoms with E-state index < -0.39 is 18.3 Å². The Bertz CT molecular complexity index is 2010. The molecule has 3 aromatic rings. The van der Waals surface area contributed by atoms with Gasteiger partial charge >= 0.3 is 7.12 Å². The lowest BCUT2D eigenvalue weighted by atomic mass is 9.81. The molecule has 0 radical (unpaired) electrons. The van der Waals surface area contributed by atoms with Gasteiger partial charge in [-0.3, -0.25) is 9.59 Å². The number of anilines is 3. The Labute approximate surface area is 409 Å². The Hall–Kier alpha value is -3.60. The molecule has 0 saturated carbocycles. The summed E-state index contributed by atoms with van der Waals surface area (Å²) >= 11 is 6.66. The maximum Gasteiger partial charge on any atom is 0.498 e. The fraction of sp³-hybridized carbons (Fsp3) is 0.689. The van der Waals surface area contributed by atoms with Gasteiger partial charge in [0.15, 0.2) is 0 Å². The molecule has 3 atom stereocenters. The van der Waals surface area contributed by atoms with Crippen LogP contribution in [0.4, 0.5) is 17.8 Å². The molecule has 4 aliphatic rings. The van der Waals surface area contributed by atoms with E-state index in [1.54, 1.807) is 37.2 Å². The van der Waals surface area contributed by atoms with Gasteiger partial charge in [-0.25, -0.2) is 29.9 Å². The molecule has 2 amide bonds. The molecule has 21 heteroatoms. The highest BCUT2D eigenvalue weighted by Gasteiger charge is 2.52. The second-order valence-electron chi connectivity index (χ2n) is 20.2. The maximum atomic E-state index is 12.5. The Morgan fingerprint density at radius 3 is 1.35 bits per heavy atom. The van der Waals surface area contributed by atoms with Crippen LogP contribution in [0, 0.1) is 0 Å². The molecule has 0 aliphatic carbocycles. The van der Waals surface area contributed by atoms with Crippen LogP contribution in [0.1, 0.15) is 90.0 Å². The number of rotatable bonds is 8. The van der Waals surface area contributed by atoms with Crippen LogP contribution in [0.5, 0.6) is 0 Å². The number of nitrogens with one attached hydrogen (secondary N) is 1. The Morgan fingerprint density at radius 2 is 1.00 bits per heavy atom. The Balaban J connectivity index is 0.000000198. The van der Waals surface area contributed by atoms with Crippen LogP contribution < -0.4 is 25.5 Å². The highest BCUT2D eigenvalue weighted by atomic mass is 79.9. The van der Waals surface area contributed by atoms with Crippen molar-refractivity contribution in [2.24, 2.45) is 0 Å². The van der Waals surface area contributed by atoms with Crippen LogP contribution in [0.3, 0.4) is 0 Å². The molecule has 3 aromatic heterocycles. The normalized spacial score (nSPS) is 22.0. The van der Waals surface area contributed by atoms with Crippen LogP contribution >= 0.6 is 31.9 Å². The molecule has 4 saturated heterocycles. The largest absolute Gasteiger partial charge is 0.498 e. The van der Waals surface area contributed by atoms with E-state index >= 15 is 0 Å². The minimum atomic E-state index is -0.472. The molecule has 18 nitrogen and oxygen atoms in total. The van der Waals surface area contributed by atoms with Crippen molar-refractivity contribution in [2.45, 2.75) is 131 Å². The lowest BCUT2D eigenvalue weighted by Crippen LogP contribution is -2.55. The van der Waals surface area contributed by atoms with E-state index in [1.165, 1.54) is 0 Å². The molecular formula is C45H71BBr2N12O6. The average Bonchev–Trinajstić information content (AvgIpc) is 3.47. The Morgan fingerprint density at radius 1 is 0.636 bits per heavy atom. The van der Waals surface area contributed by atoms with Crippen molar-refractivity contribution < 1.29 is 28.4 Å². The first-order valence-electron chi connectivity index (χ1n) is 22.8. The monoisotopic (exact) mass is 1040 g/mol. The number of carbonyl (C=O) groups is 2. The zero-order valence-electron chi connectivity index (χ0n) is 41.2. The van der Waals surface area contributed by atoms with Gasteiger partial charge < -0.3 is 48.6 Å². The van der Waals surface area contributed by atoms with Gasteiger partial charge in [-0.1, -0.05) is 0 Å². The Kier molecular flexibility index (Phi) is 18.3. The molecule has 4 aliphatic heterocycles. The summed E-state index contributed by atoms with van der Waals surface area (Å²) in [6.45, 7) is 33.3. The van der Waals surface area contributed by atoms with E-state index in [-0.39, 0.29) is 48.3 Å². The maximum absolute atomic E-state index is 12.5. The first-order valence-corrected chi connectivity index (χ1v) is 24.4. The summed E-state index contributed by atoms with van der Waals surface area (Å²) in [6.07, 6.45) is 10.6. The number of carbonyl (C=O) groups excluding carboxylic acids is 2. The molecule has 4 fully saturated rings. The summed E-state index contributed by atoms with van der Waals surface area (Å²) in [7, 11) is -0.472. The average molecular weight is 1050 g/mol. The summed E-state index contributed by atoms with van der Waals surface area (Å²) in [5.41, 5.74) is -0.616. The van der Waals surface area contributed by atoms with E-state index in [1.807, 2.05) is 92.9 Å². The zero-order chi connectivity index (χ0) is 48.6. The first-order chi connectivity index (χ1) is 30.8. The number of hydrogen-bond acceptors (Lipinski definition) is 16. The highest BCUT2D eigenvalue weighted by molar-refractivity contribution is 9.10. The predicted octanol–water partition coefficient (Wildman–Crippen LogP) is 4.76. The van der Waals surface area contributed by atoms with E-state index in [4.69, 9.17) is 18.8 Å². The summed E-state index contributed by atoms with van der Waals surface area (Å²) < 4.78 is 25.1. The fourth-order valence-corrected chi connectivity index (χ4v) is 7.80. The number of hydrogen-bond donors (Lipinski definition) is 1. The van der Waals surface area contributed by atoms with Crippen molar-refractivity contribution in [1.29, 1.82) is 0 Å². The van der Waals surface area contributed by atoms with Gasteiger partial charge in [-0.05, 0) is 122 Å². The summed E-state index contributed by atoms with van der Waals surface area (Å²) in [5, 5.41) is 3.39. The summed E-state index contributed by atoms with van der Waals surface area (Å²) in [6, 6.07) is 0.675. The molecule has 7 rings (SSSR count). The number of nitrogens with zero attached hydrogens (tertiary/aromatic N) is 11. The molecule has 1 N–H and O–H groups in total. The number of ether oxygens (including phenoxy) is 2. The second kappa shape index (κ2) is 22.7. The van der Waals surface area contributed by atoms with Crippen LogP contribution in [-0.4, -0.2) is 171 Å². The number of halogens is 2. The minimum Gasteiger partial charge on any atom is -0.399 e. The SMILES string of the molecule is C[C@@H]1CN(c2ncc(B3OC(C)(C)C(C)(C)O3)cn2)CCN1C(=O)COC(C)(C)C.C[C@@H]1CN(c2ncc(Br)cn2)CCN1.C[C@@H]1CN(c2ncc(Br)cn2)CCN1C(=O)COC(C)(C)C. The van der Waals surface area contributed by atoms with E-state index in [2.05, 4.69) is 88.7 Å². The van der Waals surface area contributed by atoms with Crippen molar-refractivity contribution in [2.75, 3.05) is 86.8 Å². The van der Waals surface area contributed by atoms with Gasteiger partial charge in [0.05, 0.1) is 31.3 Å². The van der Waals surface area contributed by atoms with Gasteiger partial charge in [0.1, 0.15) is 13.2 Å². The molecule has 7 heterocycles. The molecule has 66 heavy (non-hydrogen) atoms. The van der Waals surface area contributed by atoms with Gasteiger partial charge in [0.25, 0.3) is 0 Å². The highest BCUT2D eigenvalue weighted by Crippen LogP contribution is 2.36. The topological polar surface area (TPSA) is 177 Å². The van der Waals surface area contributed by atoms with Crippen molar-refractivity contribution in [3.63, 3.8) is 0 Å². The van der Waals surface area contributed by atoms with Gasteiger partial charge in [0.2, 0.25) is 29.7 Å². The molecule has 0 aromatic carbocycles. The molecular weight excluding hydrogens is 975 g/mol. The van der Waals surface area contributed by atoms with Crippen molar-refractivity contribution in [3.8, 4) is 0 Å². The molecule has 364 valence electrons. The first kappa shape index (κ1) is 53.4. The second-order valence-corrected chi connectivity index (χ2v) is 22.0. The zero-order valence-corrected chi connectivity index (χ0v) is 44.3. The number of amides is 2. The van der Waals surface area contributed by atoms with E-state index in [9.17, 15) is 9.59 Å². The van der Waals surface area contributed by atoms with Crippen molar-refractivity contribution >= 4 is 74.1 Å². The van der Waals surface area contributed by atoms with Gasteiger partial charge in [-0.15, -0.1) is 0 Å². The van der Waals surface area contributed by atoms with Crippen molar-refractivity contribution in [1.82, 2.24) is 45.0 Å². The van der Waals surface area contributed by atoms with Crippen LogP contribution in [0.2, 0.25) is 0 Å². The van der Waals surface area contributed by atoms with Crippen LogP contribution in [-0.2, 0) is 28.4 Å². The standard InChI is InChI=1S/C21H35BN4O4.C15H23BrN4O2.C9H13BrN4/c1-15-13-25(9-10-26(15)17(27)14-28-19(2,3)4)18-23-11-16(12-24-18)22-29-20(5,6)21(7,8)30-22;1-11-9-19(14-17-7-12(16)8-18-14)5-6-20(11)13(21)10-22-15(2,3)4;1-7-6-14(3-2-11-7)9-12-4-8(10)5-13-9/h11-12,15H,9-10,13-14H2,1-8H3;7-8,11H,5-6,9-10H2,1-4H3;4-5,7,11H,2-3,6H2,1H3/t15-;11-;7-/m111/s1. The minimum absolute atomic E-state index is 0.0223. The predicted molar refractivity (Wildman–Crippen MR) is 265 cm³/mol.